The second-order valence-electron chi connectivity index (χ2n) is 12.0. The Labute approximate surface area is 258 Å². The zero-order valence-electron chi connectivity index (χ0n) is 26.9. The molecule has 0 spiro atoms. The van der Waals surface area contributed by atoms with Gasteiger partial charge in [-0.1, -0.05) is 139 Å². The van der Waals surface area contributed by atoms with Crippen LogP contribution in [-0.4, -0.2) is 0 Å². The van der Waals surface area contributed by atoms with Crippen molar-refractivity contribution in [1.29, 1.82) is 0 Å². The van der Waals surface area contributed by atoms with Gasteiger partial charge in [-0.2, -0.15) is 0 Å². The molecule has 3 aromatic rings. The lowest BCUT2D eigenvalue weighted by atomic mass is 10.1. The Morgan fingerprint density at radius 3 is 0.929 bits per heavy atom. The van der Waals surface area contributed by atoms with Gasteiger partial charge < -0.3 is 0 Å². The maximum atomic E-state index is 2.32. The summed E-state index contributed by atoms with van der Waals surface area (Å²) in [4.78, 5) is 0. The highest BCUT2D eigenvalue weighted by Gasteiger charge is 2.02. The Hall–Kier alpha value is -3.00. The van der Waals surface area contributed by atoms with E-state index in [0.29, 0.717) is 0 Å². The van der Waals surface area contributed by atoms with Gasteiger partial charge in [0.15, 0.2) is 24.8 Å². The molecule has 0 amide bonds. The van der Waals surface area contributed by atoms with Gasteiger partial charge in [0.25, 0.3) is 0 Å². The van der Waals surface area contributed by atoms with E-state index in [1.807, 2.05) is 0 Å². The first-order valence-electron chi connectivity index (χ1n) is 17.2. The van der Waals surface area contributed by atoms with Crippen molar-refractivity contribution in [2.24, 2.45) is 0 Å². The normalized spacial score (nSPS) is 11.7. The molecule has 2 heterocycles. The van der Waals surface area contributed by atoms with Crippen LogP contribution in [0.4, 0.5) is 0 Å². The molecule has 0 unspecified atom stereocenters. The lowest BCUT2D eigenvalue weighted by Gasteiger charge is -2.01. The van der Waals surface area contributed by atoms with Crippen LogP contribution in [0.3, 0.4) is 0 Å². The number of benzene rings is 1. The lowest BCUT2D eigenvalue weighted by Crippen LogP contribution is -2.32. The summed E-state index contributed by atoms with van der Waals surface area (Å²) in [5, 5.41) is 0. The molecule has 1 aromatic carbocycles. The van der Waals surface area contributed by atoms with Crippen LogP contribution in [0.25, 0.3) is 24.3 Å². The van der Waals surface area contributed by atoms with Gasteiger partial charge in [0.2, 0.25) is 0 Å². The molecule has 2 nitrogen and oxygen atoms in total. The van der Waals surface area contributed by atoms with Crippen LogP contribution in [0.5, 0.6) is 0 Å². The van der Waals surface area contributed by atoms with Crippen molar-refractivity contribution in [3.8, 4) is 0 Å². The van der Waals surface area contributed by atoms with E-state index in [0.717, 1.165) is 13.1 Å². The van der Waals surface area contributed by atoms with E-state index in [9.17, 15) is 0 Å². The molecule has 0 bridgehead atoms. The number of pyridine rings is 2. The van der Waals surface area contributed by atoms with Crippen LogP contribution in [0.1, 0.15) is 139 Å². The number of hydrogen-bond acceptors (Lipinski definition) is 0. The summed E-state index contributed by atoms with van der Waals surface area (Å²) in [6, 6.07) is 17.7. The summed E-state index contributed by atoms with van der Waals surface area (Å²) < 4.78 is 4.64. The van der Waals surface area contributed by atoms with Gasteiger partial charge in [-0.15, -0.1) is 0 Å². The summed E-state index contributed by atoms with van der Waals surface area (Å²) in [5.74, 6) is 0. The number of nitrogens with zero attached hydrogens (tertiary/aromatic N) is 2. The molecular formula is C40H58N2+2. The van der Waals surface area contributed by atoms with Crippen LogP contribution in [0.15, 0.2) is 73.3 Å². The third-order valence-corrected chi connectivity index (χ3v) is 8.25. The largest absolute Gasteiger partial charge is 0.205 e. The SMILES string of the molecule is CCCCCCCCCC[n+]1ccc(/C=C/c2ccc(/C=C/c3cc[n+](CCCCCCCCCC)cc3)cc2)cc1. The minimum Gasteiger partial charge on any atom is -0.205 e. The predicted molar refractivity (Wildman–Crippen MR) is 183 cm³/mol. The number of aromatic nitrogens is 2. The van der Waals surface area contributed by atoms with Gasteiger partial charge in [0.1, 0.15) is 13.1 Å². The third-order valence-electron chi connectivity index (χ3n) is 8.25. The van der Waals surface area contributed by atoms with E-state index in [4.69, 9.17) is 0 Å². The third kappa shape index (κ3) is 14.8. The smallest absolute Gasteiger partial charge is 0.169 e. The molecule has 0 aliphatic heterocycles. The molecule has 0 saturated carbocycles. The standard InChI is InChI=1S/C40H58N2/c1-3-5-7-9-11-13-15-17-31-41-33-27-39(28-34-41)25-23-37-19-21-38(22-20-37)24-26-40-29-35-42(36-30-40)32-18-16-14-12-10-8-6-4-2/h19-30,33-36H,3-18,31-32H2,1-2H3/q+2/b25-23+,26-24+. The molecule has 0 aliphatic rings. The van der Waals surface area contributed by atoms with Crippen molar-refractivity contribution >= 4 is 24.3 Å². The lowest BCUT2D eigenvalue weighted by molar-refractivity contribution is -0.697. The minimum atomic E-state index is 1.12. The predicted octanol–water partition coefficient (Wildman–Crippen LogP) is 10.9. The number of unbranched alkanes of at least 4 members (excludes halogenated alkanes) is 14. The Bertz CT molecular complexity index is 1030. The molecule has 0 fully saturated rings. The van der Waals surface area contributed by atoms with Crippen molar-refractivity contribution < 1.29 is 9.13 Å². The molecule has 0 saturated heterocycles. The fraction of sp³-hybridized carbons (Fsp3) is 0.500. The second-order valence-corrected chi connectivity index (χ2v) is 12.0. The van der Waals surface area contributed by atoms with Gasteiger partial charge >= 0.3 is 0 Å². The van der Waals surface area contributed by atoms with E-state index in [1.165, 1.54) is 125 Å². The van der Waals surface area contributed by atoms with Gasteiger partial charge in [-0.05, 0) is 35.1 Å². The molecule has 226 valence electrons. The van der Waals surface area contributed by atoms with Crippen LogP contribution >= 0.6 is 0 Å². The maximum absolute atomic E-state index is 2.32. The Balaban J connectivity index is 1.33. The zero-order chi connectivity index (χ0) is 29.5. The van der Waals surface area contributed by atoms with E-state index in [1.54, 1.807) is 0 Å². The first-order valence-corrected chi connectivity index (χ1v) is 17.2. The van der Waals surface area contributed by atoms with Gasteiger partial charge in [0.05, 0.1) is 0 Å². The van der Waals surface area contributed by atoms with Crippen molar-refractivity contribution in [2.75, 3.05) is 0 Å². The summed E-state index contributed by atoms with van der Waals surface area (Å²) in [6.07, 6.45) is 39.6. The van der Waals surface area contributed by atoms with E-state index in [2.05, 4.69) is 121 Å². The number of rotatable bonds is 22. The van der Waals surface area contributed by atoms with Crippen molar-refractivity contribution in [3.05, 3.63) is 95.6 Å². The quantitative estimate of drug-likeness (QED) is 0.0844. The summed E-state index contributed by atoms with van der Waals surface area (Å²) >= 11 is 0. The Morgan fingerprint density at radius 1 is 0.357 bits per heavy atom. The minimum absolute atomic E-state index is 1.12. The first-order chi connectivity index (χ1) is 20.8. The molecular weight excluding hydrogens is 508 g/mol. The van der Waals surface area contributed by atoms with Crippen molar-refractivity contribution in [3.63, 3.8) is 0 Å². The van der Waals surface area contributed by atoms with Crippen molar-refractivity contribution in [1.82, 2.24) is 0 Å². The molecule has 3 rings (SSSR count). The Kier molecular flexibility index (Phi) is 17.3. The Morgan fingerprint density at radius 2 is 0.619 bits per heavy atom. The fourth-order valence-electron chi connectivity index (χ4n) is 5.42. The van der Waals surface area contributed by atoms with Crippen LogP contribution in [-0.2, 0) is 13.1 Å². The maximum Gasteiger partial charge on any atom is 0.169 e. The van der Waals surface area contributed by atoms with Gasteiger partial charge in [0, 0.05) is 37.1 Å². The average Bonchev–Trinajstić information content (AvgIpc) is 3.03. The summed E-state index contributed by atoms with van der Waals surface area (Å²) in [7, 11) is 0. The monoisotopic (exact) mass is 566 g/mol. The number of hydrogen-bond donors (Lipinski definition) is 0. The molecule has 0 aliphatic carbocycles. The van der Waals surface area contributed by atoms with Gasteiger partial charge in [-0.3, -0.25) is 0 Å². The fourth-order valence-corrected chi connectivity index (χ4v) is 5.42. The number of aryl methyl sites for hydroxylation is 2. The average molecular weight is 567 g/mol. The topological polar surface area (TPSA) is 7.76 Å². The molecule has 42 heavy (non-hydrogen) atoms. The van der Waals surface area contributed by atoms with Crippen molar-refractivity contribution in [2.45, 2.75) is 130 Å². The molecule has 2 heteroatoms. The highest BCUT2D eigenvalue weighted by atomic mass is 14.9. The second kappa shape index (κ2) is 21.7. The van der Waals surface area contributed by atoms with E-state index >= 15 is 0 Å². The summed E-state index contributed by atoms with van der Waals surface area (Å²) in [6.45, 7) is 6.81. The van der Waals surface area contributed by atoms with E-state index in [-0.39, 0.29) is 0 Å². The highest BCUT2D eigenvalue weighted by Crippen LogP contribution is 2.13. The van der Waals surface area contributed by atoms with Crippen LogP contribution in [0.2, 0.25) is 0 Å². The van der Waals surface area contributed by atoms with E-state index < -0.39 is 0 Å². The molecule has 0 radical (unpaired) electrons. The van der Waals surface area contributed by atoms with Crippen LogP contribution in [0, 0.1) is 0 Å². The highest BCUT2D eigenvalue weighted by molar-refractivity contribution is 5.72. The summed E-state index contributed by atoms with van der Waals surface area (Å²) in [5.41, 5.74) is 4.94. The van der Waals surface area contributed by atoms with Crippen LogP contribution < -0.4 is 9.13 Å². The molecule has 2 aromatic heterocycles. The van der Waals surface area contributed by atoms with Gasteiger partial charge in [-0.25, -0.2) is 9.13 Å². The first kappa shape index (κ1) is 33.5. The zero-order valence-corrected chi connectivity index (χ0v) is 26.9. The molecule has 0 atom stereocenters. The molecule has 0 N–H and O–H groups in total.